The minimum absolute atomic E-state index is 0.0614. The summed E-state index contributed by atoms with van der Waals surface area (Å²) in [6, 6.07) is 7.77. The first-order valence-electron chi connectivity index (χ1n) is 3.84. The third-order valence-corrected chi connectivity index (χ3v) is 1.99. The number of hydrogen-bond donors (Lipinski definition) is 1. The molecule has 2 nitrogen and oxygen atoms in total. The van der Waals surface area contributed by atoms with E-state index in [1.807, 2.05) is 24.3 Å². The van der Waals surface area contributed by atoms with Gasteiger partial charge >= 0.3 is 0 Å². The van der Waals surface area contributed by atoms with Gasteiger partial charge in [-0.05, 0) is 11.6 Å². The molecule has 1 aromatic carbocycles. The van der Waals surface area contributed by atoms with Crippen LogP contribution >= 0.6 is 0 Å². The lowest BCUT2D eigenvalue weighted by Gasteiger charge is -2.17. The van der Waals surface area contributed by atoms with E-state index in [2.05, 4.69) is 11.9 Å². The molecular formula is C10H9NO. The summed E-state index contributed by atoms with van der Waals surface area (Å²) in [6.07, 6.45) is 0.669. The van der Waals surface area contributed by atoms with Crippen molar-refractivity contribution in [3.63, 3.8) is 0 Å². The van der Waals surface area contributed by atoms with Crippen LogP contribution in [0.2, 0.25) is 0 Å². The molecule has 0 fully saturated rings. The Morgan fingerprint density at radius 1 is 1.33 bits per heavy atom. The standard InChI is InChI=1S/C10H9NO/c1-7-6-8-4-2-3-5-9(8)11-10(7)12/h2-5H,1,6H2,(H,11,12). The highest BCUT2D eigenvalue weighted by molar-refractivity contribution is 6.06. The maximum absolute atomic E-state index is 11.1. The highest BCUT2D eigenvalue weighted by Crippen LogP contribution is 2.23. The molecule has 1 heterocycles. The van der Waals surface area contributed by atoms with Gasteiger partial charge in [-0.1, -0.05) is 24.8 Å². The number of fused-ring (bicyclic) bond motifs is 1. The molecule has 0 bridgehead atoms. The second kappa shape index (κ2) is 2.48. The molecule has 1 amide bonds. The molecule has 0 saturated carbocycles. The molecule has 2 rings (SSSR count). The molecule has 1 N–H and O–H groups in total. The van der Waals surface area contributed by atoms with Crippen LogP contribution in [0.1, 0.15) is 5.56 Å². The number of carbonyl (C=O) groups excluding carboxylic acids is 1. The van der Waals surface area contributed by atoms with E-state index >= 15 is 0 Å². The smallest absolute Gasteiger partial charge is 0.251 e. The summed E-state index contributed by atoms with van der Waals surface area (Å²) < 4.78 is 0. The van der Waals surface area contributed by atoms with Crippen LogP contribution in [0.5, 0.6) is 0 Å². The van der Waals surface area contributed by atoms with E-state index in [0.717, 1.165) is 11.3 Å². The Morgan fingerprint density at radius 3 is 2.92 bits per heavy atom. The normalized spacial score (nSPS) is 15.3. The zero-order chi connectivity index (χ0) is 8.55. The summed E-state index contributed by atoms with van der Waals surface area (Å²) in [5.41, 5.74) is 2.69. The van der Waals surface area contributed by atoms with Crippen LogP contribution in [0, 0.1) is 0 Å². The van der Waals surface area contributed by atoms with Gasteiger partial charge in [0.1, 0.15) is 0 Å². The lowest BCUT2D eigenvalue weighted by atomic mass is 10.00. The fourth-order valence-electron chi connectivity index (χ4n) is 1.32. The van der Waals surface area contributed by atoms with Gasteiger partial charge in [-0.25, -0.2) is 0 Å². The first-order valence-corrected chi connectivity index (χ1v) is 3.84. The van der Waals surface area contributed by atoms with Crippen molar-refractivity contribution in [1.29, 1.82) is 0 Å². The zero-order valence-corrected chi connectivity index (χ0v) is 6.63. The van der Waals surface area contributed by atoms with Gasteiger partial charge in [0.15, 0.2) is 0 Å². The topological polar surface area (TPSA) is 29.1 Å². The number of hydrogen-bond acceptors (Lipinski definition) is 1. The van der Waals surface area contributed by atoms with Crippen LogP contribution in [-0.4, -0.2) is 5.91 Å². The van der Waals surface area contributed by atoms with E-state index in [0.29, 0.717) is 12.0 Å². The second-order valence-corrected chi connectivity index (χ2v) is 2.89. The summed E-state index contributed by atoms with van der Waals surface area (Å²) in [4.78, 5) is 11.1. The summed E-state index contributed by atoms with van der Waals surface area (Å²) in [5, 5.41) is 2.77. The number of nitrogens with one attached hydrogen (secondary N) is 1. The lowest BCUT2D eigenvalue weighted by molar-refractivity contribution is -0.113. The maximum Gasteiger partial charge on any atom is 0.251 e. The van der Waals surface area contributed by atoms with Gasteiger partial charge in [-0.2, -0.15) is 0 Å². The van der Waals surface area contributed by atoms with Gasteiger partial charge in [0, 0.05) is 17.7 Å². The Balaban J connectivity index is 2.47. The number of para-hydroxylation sites is 1. The summed E-state index contributed by atoms with van der Waals surface area (Å²) in [6.45, 7) is 3.68. The Kier molecular flexibility index (Phi) is 1.47. The van der Waals surface area contributed by atoms with E-state index < -0.39 is 0 Å². The molecule has 1 aliphatic rings. The first-order chi connectivity index (χ1) is 5.77. The van der Waals surface area contributed by atoms with E-state index in [9.17, 15) is 4.79 Å². The number of benzene rings is 1. The molecule has 0 spiro atoms. The quantitative estimate of drug-likeness (QED) is 0.574. The van der Waals surface area contributed by atoms with E-state index in [-0.39, 0.29) is 5.91 Å². The average molecular weight is 159 g/mol. The third kappa shape index (κ3) is 1.01. The van der Waals surface area contributed by atoms with E-state index in [4.69, 9.17) is 0 Å². The van der Waals surface area contributed by atoms with Crippen molar-refractivity contribution in [3.05, 3.63) is 42.0 Å². The number of carbonyl (C=O) groups is 1. The van der Waals surface area contributed by atoms with Crippen LogP contribution in [-0.2, 0) is 11.2 Å². The molecule has 0 atom stereocenters. The molecule has 0 aromatic heterocycles. The molecule has 0 saturated heterocycles. The largest absolute Gasteiger partial charge is 0.322 e. The van der Waals surface area contributed by atoms with Gasteiger partial charge in [0.05, 0.1) is 0 Å². The molecule has 60 valence electrons. The Bertz CT molecular complexity index is 320. The molecular weight excluding hydrogens is 150 g/mol. The van der Waals surface area contributed by atoms with Crippen molar-refractivity contribution >= 4 is 11.6 Å². The first kappa shape index (κ1) is 7.10. The van der Waals surface area contributed by atoms with Gasteiger partial charge in [0.2, 0.25) is 0 Å². The highest BCUT2D eigenvalue weighted by atomic mass is 16.1. The van der Waals surface area contributed by atoms with Crippen LogP contribution in [0.15, 0.2) is 36.4 Å². The van der Waals surface area contributed by atoms with Crippen LogP contribution in [0.3, 0.4) is 0 Å². The van der Waals surface area contributed by atoms with Crippen molar-refractivity contribution < 1.29 is 4.79 Å². The predicted molar refractivity (Wildman–Crippen MR) is 47.9 cm³/mol. The number of rotatable bonds is 0. The van der Waals surface area contributed by atoms with Crippen LogP contribution < -0.4 is 5.32 Å². The highest BCUT2D eigenvalue weighted by Gasteiger charge is 2.16. The maximum atomic E-state index is 11.1. The molecule has 1 aromatic rings. The fraction of sp³-hybridized carbons (Fsp3) is 0.100. The van der Waals surface area contributed by atoms with Gasteiger partial charge in [-0.15, -0.1) is 0 Å². The minimum Gasteiger partial charge on any atom is -0.322 e. The minimum atomic E-state index is -0.0614. The Morgan fingerprint density at radius 2 is 2.08 bits per heavy atom. The third-order valence-electron chi connectivity index (χ3n) is 1.99. The summed E-state index contributed by atoms with van der Waals surface area (Å²) in [7, 11) is 0. The Hall–Kier alpha value is -1.57. The number of amides is 1. The predicted octanol–water partition coefficient (Wildman–Crippen LogP) is 1.74. The van der Waals surface area contributed by atoms with Crippen LogP contribution in [0.25, 0.3) is 0 Å². The molecule has 1 aliphatic heterocycles. The second-order valence-electron chi connectivity index (χ2n) is 2.89. The van der Waals surface area contributed by atoms with Crippen molar-refractivity contribution in [2.45, 2.75) is 6.42 Å². The molecule has 12 heavy (non-hydrogen) atoms. The number of anilines is 1. The van der Waals surface area contributed by atoms with E-state index in [1.165, 1.54) is 0 Å². The van der Waals surface area contributed by atoms with Crippen molar-refractivity contribution in [3.8, 4) is 0 Å². The van der Waals surface area contributed by atoms with Gasteiger partial charge < -0.3 is 5.32 Å². The summed E-state index contributed by atoms with van der Waals surface area (Å²) in [5.74, 6) is -0.0614. The van der Waals surface area contributed by atoms with Crippen molar-refractivity contribution in [2.75, 3.05) is 5.32 Å². The van der Waals surface area contributed by atoms with Gasteiger partial charge in [-0.3, -0.25) is 4.79 Å². The van der Waals surface area contributed by atoms with Gasteiger partial charge in [0.25, 0.3) is 5.91 Å². The summed E-state index contributed by atoms with van der Waals surface area (Å²) >= 11 is 0. The molecule has 0 radical (unpaired) electrons. The fourth-order valence-corrected chi connectivity index (χ4v) is 1.32. The zero-order valence-electron chi connectivity index (χ0n) is 6.63. The van der Waals surface area contributed by atoms with E-state index in [1.54, 1.807) is 0 Å². The molecule has 2 heteroatoms. The van der Waals surface area contributed by atoms with Crippen LogP contribution in [0.4, 0.5) is 5.69 Å². The Labute approximate surface area is 70.9 Å². The average Bonchev–Trinajstić information content (AvgIpc) is 2.07. The molecule has 0 aliphatic carbocycles. The SMILES string of the molecule is C=C1Cc2ccccc2NC1=O. The van der Waals surface area contributed by atoms with Crippen molar-refractivity contribution in [1.82, 2.24) is 0 Å². The lowest BCUT2D eigenvalue weighted by Crippen LogP contribution is -2.21. The molecule has 0 unspecified atom stereocenters. The van der Waals surface area contributed by atoms with Crippen molar-refractivity contribution in [2.24, 2.45) is 0 Å². The monoisotopic (exact) mass is 159 g/mol.